The van der Waals surface area contributed by atoms with Gasteiger partial charge in [0.2, 0.25) is 0 Å². The number of rotatable bonds is 7. The zero-order valence-electron chi connectivity index (χ0n) is 9.15. The number of aliphatic imine (C=N–C) groups is 1. The quantitative estimate of drug-likeness (QED) is 0.227. The Balaban J connectivity index is 3.84. The third kappa shape index (κ3) is 7.48. The van der Waals surface area contributed by atoms with Gasteiger partial charge in [0.05, 0.1) is 12.2 Å². The minimum atomic E-state index is 0.453. The molecule has 0 bridgehead atoms. The molecule has 3 nitrogen and oxygen atoms in total. The predicted octanol–water partition coefficient (Wildman–Crippen LogP) is 2.55. The van der Waals surface area contributed by atoms with Crippen molar-refractivity contribution in [1.82, 2.24) is 0 Å². The van der Waals surface area contributed by atoms with Crippen LogP contribution in [-0.2, 0) is 4.74 Å². The van der Waals surface area contributed by atoms with Crippen LogP contribution in [0.5, 0.6) is 0 Å². The van der Waals surface area contributed by atoms with Crippen molar-refractivity contribution in [3.63, 3.8) is 0 Å². The third-order valence-corrected chi connectivity index (χ3v) is 3.65. The van der Waals surface area contributed by atoms with Gasteiger partial charge in [-0.15, -0.1) is 11.8 Å². The summed E-state index contributed by atoms with van der Waals surface area (Å²) in [4.78, 5) is 4.23. The van der Waals surface area contributed by atoms with Crippen LogP contribution in [-0.4, -0.2) is 36.1 Å². The summed E-state index contributed by atoms with van der Waals surface area (Å²) in [6, 6.07) is 2.02. The zero-order valence-corrected chi connectivity index (χ0v) is 10.8. The maximum Gasteiger partial charge on any atom is 0.108 e. The van der Waals surface area contributed by atoms with Crippen LogP contribution in [0.4, 0.5) is 0 Å². The van der Waals surface area contributed by atoms with E-state index in [9.17, 15) is 0 Å². The second-order valence-electron chi connectivity index (χ2n) is 2.53. The summed E-state index contributed by atoms with van der Waals surface area (Å²) < 4.78 is 4.93. The van der Waals surface area contributed by atoms with Crippen molar-refractivity contribution in [2.45, 2.75) is 6.92 Å². The van der Waals surface area contributed by atoms with E-state index in [0.717, 1.165) is 22.5 Å². The number of thioether (sulfide) groups is 2. The molecule has 0 heterocycles. The van der Waals surface area contributed by atoms with E-state index in [1.807, 2.05) is 13.0 Å². The average molecular weight is 244 g/mol. The molecule has 0 rings (SSSR count). The number of methoxy groups -OCH3 is 1. The number of nitriles is 1. The van der Waals surface area contributed by atoms with Crippen molar-refractivity contribution >= 4 is 28.6 Å². The molecule has 0 aromatic rings. The first-order valence-corrected chi connectivity index (χ1v) is 6.73. The van der Waals surface area contributed by atoms with Crippen molar-refractivity contribution in [1.29, 1.82) is 5.26 Å². The average Bonchev–Trinajstić information content (AvgIpc) is 2.26. The molecule has 0 aliphatic rings. The molecule has 0 saturated heterocycles. The maximum absolute atomic E-state index is 8.70. The van der Waals surface area contributed by atoms with E-state index in [-0.39, 0.29) is 0 Å². The minimum Gasteiger partial charge on any atom is -0.384 e. The molecule has 0 aromatic heterocycles. The van der Waals surface area contributed by atoms with Crippen LogP contribution in [0.2, 0.25) is 0 Å². The van der Waals surface area contributed by atoms with Crippen molar-refractivity contribution in [3.8, 4) is 6.07 Å². The maximum atomic E-state index is 8.70. The van der Waals surface area contributed by atoms with Crippen LogP contribution >= 0.6 is 23.5 Å². The number of nitrogens with zero attached hydrogens (tertiary/aromatic N) is 2. The van der Waals surface area contributed by atoms with E-state index in [4.69, 9.17) is 10.00 Å². The SMILES string of the molecule is C=C(C#N)C(=NCC)SCSCCOC. The van der Waals surface area contributed by atoms with Gasteiger partial charge in [0.15, 0.2) is 0 Å². The monoisotopic (exact) mass is 244 g/mol. The van der Waals surface area contributed by atoms with Crippen LogP contribution in [0, 0.1) is 11.3 Å². The van der Waals surface area contributed by atoms with Gasteiger partial charge in [-0.05, 0) is 6.92 Å². The Hall–Kier alpha value is -0.440. The highest BCUT2D eigenvalue weighted by Gasteiger charge is 2.04. The molecule has 84 valence electrons. The molecular weight excluding hydrogens is 228 g/mol. The Morgan fingerprint density at radius 2 is 2.33 bits per heavy atom. The smallest absolute Gasteiger partial charge is 0.108 e. The van der Waals surface area contributed by atoms with Gasteiger partial charge in [-0.2, -0.15) is 5.26 Å². The largest absolute Gasteiger partial charge is 0.384 e. The van der Waals surface area contributed by atoms with Crippen LogP contribution < -0.4 is 0 Å². The summed E-state index contributed by atoms with van der Waals surface area (Å²) in [5.74, 6) is 0.960. The molecule has 5 heteroatoms. The fourth-order valence-corrected chi connectivity index (χ4v) is 2.69. The van der Waals surface area contributed by atoms with Crippen LogP contribution in [0.3, 0.4) is 0 Å². The summed E-state index contributed by atoms with van der Waals surface area (Å²) in [6.45, 7) is 7.05. The van der Waals surface area contributed by atoms with Gasteiger partial charge in [0, 0.05) is 24.5 Å². The van der Waals surface area contributed by atoms with Crippen molar-refractivity contribution in [2.75, 3.05) is 31.1 Å². The highest BCUT2D eigenvalue weighted by molar-refractivity contribution is 8.24. The second-order valence-corrected chi connectivity index (χ2v) is 4.97. The van der Waals surface area contributed by atoms with Crippen molar-refractivity contribution in [3.05, 3.63) is 12.2 Å². The Kier molecular flexibility index (Phi) is 9.79. The normalized spacial score (nSPS) is 11.1. The molecule has 0 aliphatic carbocycles. The first-order chi connectivity index (χ1) is 7.26. The van der Waals surface area contributed by atoms with Gasteiger partial charge < -0.3 is 4.74 Å². The van der Waals surface area contributed by atoms with E-state index >= 15 is 0 Å². The second kappa shape index (κ2) is 10.1. The van der Waals surface area contributed by atoms with Gasteiger partial charge in [0.1, 0.15) is 11.1 Å². The fraction of sp³-hybridized carbons (Fsp3) is 0.600. The van der Waals surface area contributed by atoms with Gasteiger partial charge in [-0.25, -0.2) is 0 Å². The molecule has 0 unspecified atom stereocenters. The summed E-state index contributed by atoms with van der Waals surface area (Å²) in [6.07, 6.45) is 0. The lowest BCUT2D eigenvalue weighted by atomic mass is 10.4. The van der Waals surface area contributed by atoms with Crippen molar-refractivity contribution in [2.24, 2.45) is 4.99 Å². The summed E-state index contributed by atoms with van der Waals surface area (Å²) >= 11 is 3.33. The van der Waals surface area contributed by atoms with Crippen LogP contribution in [0.25, 0.3) is 0 Å². The number of ether oxygens (including phenoxy) is 1. The molecule has 0 fully saturated rings. The van der Waals surface area contributed by atoms with Crippen molar-refractivity contribution < 1.29 is 4.74 Å². The third-order valence-electron chi connectivity index (χ3n) is 1.41. The van der Waals surface area contributed by atoms with Crippen LogP contribution in [0.15, 0.2) is 17.1 Å². The molecular formula is C10H16N2OS2. The Labute approximate surface area is 100.0 Å². The molecule has 0 amide bonds. The van der Waals surface area contributed by atoms with E-state index < -0.39 is 0 Å². The van der Waals surface area contributed by atoms with E-state index in [0.29, 0.717) is 12.1 Å². The number of hydrogen-bond donors (Lipinski definition) is 0. The molecule has 0 aromatic carbocycles. The molecule has 0 atom stereocenters. The lowest BCUT2D eigenvalue weighted by molar-refractivity contribution is 0.219. The van der Waals surface area contributed by atoms with E-state index in [2.05, 4.69) is 11.6 Å². The van der Waals surface area contributed by atoms with Gasteiger partial charge in [-0.1, -0.05) is 18.3 Å². The first-order valence-electron chi connectivity index (χ1n) is 4.59. The molecule has 0 spiro atoms. The Morgan fingerprint density at radius 3 is 2.87 bits per heavy atom. The molecule has 0 radical (unpaired) electrons. The Bertz CT molecular complexity index is 259. The molecule has 0 aliphatic heterocycles. The zero-order chi connectivity index (χ0) is 11.5. The van der Waals surface area contributed by atoms with Crippen LogP contribution in [0.1, 0.15) is 6.92 Å². The lowest BCUT2D eigenvalue weighted by Crippen LogP contribution is -1.98. The van der Waals surface area contributed by atoms with E-state index in [1.165, 1.54) is 0 Å². The standard InChI is InChI=1S/C10H16N2OS2/c1-4-12-10(9(2)7-11)15-8-14-6-5-13-3/h2,4-6,8H2,1,3H3. The summed E-state index contributed by atoms with van der Waals surface area (Å²) in [7, 11) is 1.69. The lowest BCUT2D eigenvalue weighted by Gasteiger charge is -2.03. The highest BCUT2D eigenvalue weighted by Crippen LogP contribution is 2.17. The highest BCUT2D eigenvalue weighted by atomic mass is 32.2. The van der Waals surface area contributed by atoms with Gasteiger partial charge in [0.25, 0.3) is 0 Å². The molecule has 0 saturated carbocycles. The van der Waals surface area contributed by atoms with Gasteiger partial charge in [-0.3, -0.25) is 4.99 Å². The molecule has 15 heavy (non-hydrogen) atoms. The summed E-state index contributed by atoms with van der Waals surface area (Å²) in [5.41, 5.74) is 0.453. The summed E-state index contributed by atoms with van der Waals surface area (Å²) in [5, 5.41) is 10.3. The number of hydrogen-bond acceptors (Lipinski definition) is 5. The minimum absolute atomic E-state index is 0.453. The van der Waals surface area contributed by atoms with E-state index in [1.54, 1.807) is 30.6 Å². The first kappa shape index (κ1) is 14.6. The van der Waals surface area contributed by atoms with Gasteiger partial charge >= 0.3 is 0 Å². The predicted molar refractivity (Wildman–Crippen MR) is 69.5 cm³/mol. The fourth-order valence-electron chi connectivity index (χ4n) is 0.718. The Morgan fingerprint density at radius 1 is 1.60 bits per heavy atom. The topological polar surface area (TPSA) is 45.4 Å². The molecule has 0 N–H and O–H groups in total.